The Balaban J connectivity index is 2.45. The molecule has 0 aliphatic heterocycles. The van der Waals surface area contributed by atoms with Gasteiger partial charge in [-0.25, -0.2) is 4.39 Å². The van der Waals surface area contributed by atoms with Crippen LogP contribution in [0.2, 0.25) is 0 Å². The van der Waals surface area contributed by atoms with Crippen molar-refractivity contribution in [3.63, 3.8) is 0 Å². The minimum absolute atomic E-state index is 0.310. The van der Waals surface area contributed by atoms with E-state index in [-0.39, 0.29) is 5.82 Å². The van der Waals surface area contributed by atoms with E-state index in [0.717, 1.165) is 5.56 Å². The van der Waals surface area contributed by atoms with Gasteiger partial charge in [0.15, 0.2) is 0 Å². The quantitative estimate of drug-likeness (QED) is 0.783. The number of carboxylic acids is 1. The Morgan fingerprint density at radius 1 is 1.28 bits per heavy atom. The SMILES string of the molecule is CC(C)(C(=O)O)C(=O)NCCc1ccc(F)cc1. The standard InChI is InChI=1S/C13H16FNO3/c1-13(2,12(17)18)11(16)15-8-7-9-3-5-10(14)6-4-9/h3-6H,7-8H2,1-2H3,(H,15,16)(H,17,18). The molecule has 0 atom stereocenters. The van der Waals surface area contributed by atoms with Gasteiger partial charge in [0, 0.05) is 6.54 Å². The van der Waals surface area contributed by atoms with Crippen LogP contribution in [0.25, 0.3) is 0 Å². The molecule has 98 valence electrons. The minimum atomic E-state index is -1.44. The number of rotatable bonds is 5. The molecule has 0 fully saturated rings. The highest BCUT2D eigenvalue weighted by atomic mass is 19.1. The van der Waals surface area contributed by atoms with Crippen molar-refractivity contribution in [2.45, 2.75) is 20.3 Å². The summed E-state index contributed by atoms with van der Waals surface area (Å²) in [7, 11) is 0. The highest BCUT2D eigenvalue weighted by Crippen LogP contribution is 2.14. The molecule has 18 heavy (non-hydrogen) atoms. The molecule has 0 heterocycles. The van der Waals surface area contributed by atoms with Crippen molar-refractivity contribution < 1.29 is 19.1 Å². The van der Waals surface area contributed by atoms with Gasteiger partial charge in [0.1, 0.15) is 11.2 Å². The zero-order valence-electron chi connectivity index (χ0n) is 10.4. The summed E-state index contributed by atoms with van der Waals surface area (Å²) in [6.45, 7) is 3.02. The molecule has 1 amide bonds. The van der Waals surface area contributed by atoms with Crippen molar-refractivity contribution in [2.24, 2.45) is 5.41 Å². The lowest BCUT2D eigenvalue weighted by Gasteiger charge is -2.18. The predicted octanol–water partition coefficient (Wildman–Crippen LogP) is 1.60. The molecule has 1 aromatic rings. The first-order valence-electron chi connectivity index (χ1n) is 5.60. The Kier molecular flexibility index (Phi) is 4.42. The third-order valence-corrected chi connectivity index (χ3v) is 2.71. The van der Waals surface area contributed by atoms with Crippen LogP contribution in [0.15, 0.2) is 24.3 Å². The summed E-state index contributed by atoms with van der Waals surface area (Å²) in [6, 6.07) is 5.95. The van der Waals surface area contributed by atoms with Crippen molar-refractivity contribution in [3.8, 4) is 0 Å². The summed E-state index contributed by atoms with van der Waals surface area (Å²) in [5.41, 5.74) is -0.562. The topological polar surface area (TPSA) is 66.4 Å². The lowest BCUT2D eigenvalue weighted by Crippen LogP contribution is -2.42. The van der Waals surface area contributed by atoms with Crippen LogP contribution in [0.3, 0.4) is 0 Å². The molecule has 0 unspecified atom stereocenters. The molecular formula is C13H16FNO3. The van der Waals surface area contributed by atoms with Gasteiger partial charge in [-0.05, 0) is 38.0 Å². The summed E-state index contributed by atoms with van der Waals surface area (Å²) in [4.78, 5) is 22.4. The fraction of sp³-hybridized carbons (Fsp3) is 0.385. The summed E-state index contributed by atoms with van der Waals surface area (Å²) in [5.74, 6) is -2.01. The number of hydrogen-bond acceptors (Lipinski definition) is 2. The van der Waals surface area contributed by atoms with Gasteiger partial charge in [-0.15, -0.1) is 0 Å². The monoisotopic (exact) mass is 253 g/mol. The van der Waals surface area contributed by atoms with Gasteiger partial charge in [0.05, 0.1) is 0 Å². The van der Waals surface area contributed by atoms with E-state index in [1.807, 2.05) is 0 Å². The molecule has 4 nitrogen and oxygen atoms in total. The fourth-order valence-electron chi connectivity index (χ4n) is 1.29. The molecule has 0 radical (unpaired) electrons. The molecule has 0 aromatic heterocycles. The van der Waals surface area contributed by atoms with Gasteiger partial charge in [0.25, 0.3) is 0 Å². The third-order valence-electron chi connectivity index (χ3n) is 2.71. The molecule has 2 N–H and O–H groups in total. The van der Waals surface area contributed by atoms with Crippen molar-refractivity contribution >= 4 is 11.9 Å². The average Bonchev–Trinajstić information content (AvgIpc) is 2.31. The number of halogens is 1. The van der Waals surface area contributed by atoms with E-state index < -0.39 is 17.3 Å². The summed E-state index contributed by atoms with van der Waals surface area (Å²) in [5, 5.41) is 11.4. The minimum Gasteiger partial charge on any atom is -0.480 e. The van der Waals surface area contributed by atoms with E-state index in [2.05, 4.69) is 5.32 Å². The molecule has 1 rings (SSSR count). The second-order valence-electron chi connectivity index (χ2n) is 4.56. The van der Waals surface area contributed by atoms with Gasteiger partial charge >= 0.3 is 5.97 Å². The Labute approximate surface area is 105 Å². The number of hydrogen-bond donors (Lipinski definition) is 2. The smallest absolute Gasteiger partial charge is 0.318 e. The average molecular weight is 253 g/mol. The zero-order chi connectivity index (χ0) is 13.8. The molecule has 0 bridgehead atoms. The van der Waals surface area contributed by atoms with Crippen molar-refractivity contribution in [2.75, 3.05) is 6.54 Å². The van der Waals surface area contributed by atoms with Crippen LogP contribution in [0, 0.1) is 11.2 Å². The van der Waals surface area contributed by atoms with E-state index in [0.29, 0.717) is 13.0 Å². The maximum atomic E-state index is 12.6. The second-order valence-corrected chi connectivity index (χ2v) is 4.56. The number of amides is 1. The molecule has 0 saturated heterocycles. The second kappa shape index (κ2) is 5.62. The van der Waals surface area contributed by atoms with Gasteiger partial charge in [-0.3, -0.25) is 9.59 Å². The number of benzene rings is 1. The maximum absolute atomic E-state index is 12.6. The molecule has 0 spiro atoms. The first kappa shape index (κ1) is 14.2. The Morgan fingerprint density at radius 3 is 2.33 bits per heavy atom. The predicted molar refractivity (Wildman–Crippen MR) is 64.5 cm³/mol. The van der Waals surface area contributed by atoms with Crippen LogP contribution in [0.5, 0.6) is 0 Å². The number of nitrogens with one attached hydrogen (secondary N) is 1. The van der Waals surface area contributed by atoms with Crippen LogP contribution in [0.1, 0.15) is 19.4 Å². The van der Waals surface area contributed by atoms with Gasteiger partial charge in [-0.2, -0.15) is 0 Å². The summed E-state index contributed by atoms with van der Waals surface area (Å²) < 4.78 is 12.6. The van der Waals surface area contributed by atoms with E-state index in [1.54, 1.807) is 12.1 Å². The first-order chi connectivity index (χ1) is 8.34. The van der Waals surface area contributed by atoms with Crippen LogP contribution in [-0.2, 0) is 16.0 Å². The number of carboxylic acid groups (broad SMARTS) is 1. The number of carbonyl (C=O) groups is 2. The maximum Gasteiger partial charge on any atom is 0.318 e. The van der Waals surface area contributed by atoms with Crippen LogP contribution in [-0.4, -0.2) is 23.5 Å². The largest absolute Gasteiger partial charge is 0.480 e. The molecule has 0 saturated carbocycles. The third kappa shape index (κ3) is 3.55. The van der Waals surface area contributed by atoms with Gasteiger partial charge in [-0.1, -0.05) is 12.1 Å². The van der Waals surface area contributed by atoms with E-state index in [9.17, 15) is 14.0 Å². The molecular weight excluding hydrogens is 237 g/mol. The lowest BCUT2D eigenvalue weighted by molar-refractivity contribution is -0.153. The molecule has 1 aromatic carbocycles. The number of carbonyl (C=O) groups excluding carboxylic acids is 1. The van der Waals surface area contributed by atoms with Crippen LogP contribution >= 0.6 is 0 Å². The van der Waals surface area contributed by atoms with Crippen molar-refractivity contribution in [1.29, 1.82) is 0 Å². The molecule has 5 heteroatoms. The van der Waals surface area contributed by atoms with Crippen LogP contribution < -0.4 is 5.32 Å². The van der Waals surface area contributed by atoms with Crippen molar-refractivity contribution in [1.82, 2.24) is 5.32 Å². The zero-order valence-corrected chi connectivity index (χ0v) is 10.4. The Morgan fingerprint density at radius 2 is 1.83 bits per heavy atom. The summed E-state index contributed by atoms with van der Waals surface area (Å²) in [6.07, 6.45) is 0.529. The van der Waals surface area contributed by atoms with Gasteiger partial charge in [0.2, 0.25) is 5.91 Å². The summed E-state index contributed by atoms with van der Waals surface area (Å²) >= 11 is 0. The Hall–Kier alpha value is -1.91. The van der Waals surface area contributed by atoms with E-state index in [4.69, 9.17) is 5.11 Å². The van der Waals surface area contributed by atoms with E-state index in [1.165, 1.54) is 26.0 Å². The lowest BCUT2D eigenvalue weighted by atomic mass is 9.92. The molecule has 0 aliphatic rings. The van der Waals surface area contributed by atoms with Crippen molar-refractivity contribution in [3.05, 3.63) is 35.6 Å². The first-order valence-corrected chi connectivity index (χ1v) is 5.60. The Bertz CT molecular complexity index is 440. The number of aliphatic carboxylic acids is 1. The fourth-order valence-corrected chi connectivity index (χ4v) is 1.29. The van der Waals surface area contributed by atoms with E-state index >= 15 is 0 Å². The van der Waals surface area contributed by atoms with Gasteiger partial charge < -0.3 is 10.4 Å². The highest BCUT2D eigenvalue weighted by Gasteiger charge is 2.35. The normalized spacial score (nSPS) is 11.1. The molecule has 0 aliphatic carbocycles. The highest BCUT2D eigenvalue weighted by molar-refractivity contribution is 6.00. The van der Waals surface area contributed by atoms with Crippen LogP contribution in [0.4, 0.5) is 4.39 Å².